The van der Waals surface area contributed by atoms with E-state index in [4.69, 9.17) is 34.8 Å². The molecule has 0 saturated carbocycles. The van der Waals surface area contributed by atoms with Gasteiger partial charge in [-0.3, -0.25) is 4.79 Å². The summed E-state index contributed by atoms with van der Waals surface area (Å²) in [5.74, 6) is 5.36. The molecule has 1 fully saturated rings. The number of terminal acetylenes is 1. The summed E-state index contributed by atoms with van der Waals surface area (Å²) in [7, 11) is 1.61. The first-order chi connectivity index (χ1) is 20.6. The summed E-state index contributed by atoms with van der Waals surface area (Å²) in [5.41, 5.74) is 2.06. The van der Waals surface area contributed by atoms with Crippen LogP contribution in [0, 0.1) is 23.7 Å². The minimum Gasteiger partial charge on any atom is -0.496 e. The molecular weight excluding hydrogens is 556 g/mol. The van der Waals surface area contributed by atoms with Crippen molar-refractivity contribution in [2.24, 2.45) is 0 Å². The van der Waals surface area contributed by atoms with Gasteiger partial charge in [0, 0.05) is 43.7 Å². The zero-order valence-corrected chi connectivity index (χ0v) is 25.3. The average Bonchev–Trinajstić information content (AvgIpc) is 3.02. The molecule has 1 amide bonds. The summed E-state index contributed by atoms with van der Waals surface area (Å²) in [6.07, 6.45) is 9.17. The Morgan fingerprint density at radius 3 is 2.38 bits per heavy atom. The minimum absolute atomic E-state index is 0.0276. The molecule has 0 unspecified atom stereocenters. The first-order valence-electron chi connectivity index (χ1n) is 14.0. The van der Waals surface area contributed by atoms with Gasteiger partial charge in [0.2, 0.25) is 5.91 Å². The van der Waals surface area contributed by atoms with Gasteiger partial charge in [-0.2, -0.15) is 17.0 Å². The van der Waals surface area contributed by atoms with Gasteiger partial charge < -0.3 is 33.3 Å². The lowest BCUT2D eigenvalue weighted by molar-refractivity contribution is -0.132. The molecule has 0 atom stereocenters. The zero-order valence-electron chi connectivity index (χ0n) is 24.5. The van der Waals surface area contributed by atoms with E-state index in [0.29, 0.717) is 82.0 Å². The standard InChI is InChI=1S/C32H40N2O7S/c1-4-12-37-13-14-38-15-16-39-17-18-40-28-5-6-31(36-2)30(23-28)26-20-25(24-33)21-29(22-26)41-27-7-10-34(11-8-27)32(35)9-19-42-3/h1,5-6,20-23,27H,7-19H2,2-3H3. The fraction of sp³-hybridized carbons (Fsp3) is 0.500. The monoisotopic (exact) mass is 596 g/mol. The van der Waals surface area contributed by atoms with E-state index in [1.54, 1.807) is 24.9 Å². The lowest BCUT2D eigenvalue weighted by Gasteiger charge is -2.32. The van der Waals surface area contributed by atoms with Crippen LogP contribution in [-0.2, 0) is 19.0 Å². The third kappa shape index (κ3) is 11.1. The van der Waals surface area contributed by atoms with Crippen molar-refractivity contribution in [1.29, 1.82) is 5.26 Å². The normalized spacial score (nSPS) is 13.3. The summed E-state index contributed by atoms with van der Waals surface area (Å²) in [6, 6.07) is 13.3. The number of carbonyl (C=O) groups is 1. The van der Waals surface area contributed by atoms with Crippen LogP contribution >= 0.6 is 11.8 Å². The highest BCUT2D eigenvalue weighted by Gasteiger charge is 2.24. The number of rotatable bonds is 18. The Morgan fingerprint density at radius 2 is 1.71 bits per heavy atom. The third-order valence-electron chi connectivity index (χ3n) is 6.56. The van der Waals surface area contributed by atoms with E-state index < -0.39 is 0 Å². The predicted molar refractivity (Wildman–Crippen MR) is 163 cm³/mol. The van der Waals surface area contributed by atoms with Gasteiger partial charge in [-0.25, -0.2) is 0 Å². The van der Waals surface area contributed by atoms with Crippen LogP contribution in [0.25, 0.3) is 11.1 Å². The highest BCUT2D eigenvalue weighted by Crippen LogP contribution is 2.36. The quantitative estimate of drug-likeness (QED) is 0.183. The van der Waals surface area contributed by atoms with Crippen molar-refractivity contribution in [1.82, 2.24) is 4.90 Å². The number of ether oxygens (including phenoxy) is 6. The molecule has 1 saturated heterocycles. The Bertz CT molecular complexity index is 1200. The predicted octanol–water partition coefficient (Wildman–Crippen LogP) is 4.42. The van der Waals surface area contributed by atoms with Crippen LogP contribution in [0.15, 0.2) is 36.4 Å². The lowest BCUT2D eigenvalue weighted by Crippen LogP contribution is -2.41. The molecule has 1 aliphatic heterocycles. The van der Waals surface area contributed by atoms with Gasteiger partial charge in [0.25, 0.3) is 0 Å². The second kappa shape index (κ2) is 18.9. The number of benzene rings is 2. The molecule has 10 heteroatoms. The van der Waals surface area contributed by atoms with Crippen LogP contribution in [0.5, 0.6) is 17.2 Å². The largest absolute Gasteiger partial charge is 0.496 e. The Balaban J connectivity index is 1.55. The van der Waals surface area contributed by atoms with Crippen LogP contribution < -0.4 is 14.2 Å². The minimum atomic E-state index is -0.0276. The molecule has 2 aromatic carbocycles. The molecule has 0 bridgehead atoms. The number of hydrogen-bond donors (Lipinski definition) is 0. The number of nitriles is 1. The number of methoxy groups -OCH3 is 1. The zero-order chi connectivity index (χ0) is 30.0. The van der Waals surface area contributed by atoms with Crippen molar-refractivity contribution in [2.45, 2.75) is 25.4 Å². The summed E-state index contributed by atoms with van der Waals surface area (Å²) in [5, 5.41) is 9.71. The van der Waals surface area contributed by atoms with Crippen LogP contribution in [0.2, 0.25) is 0 Å². The van der Waals surface area contributed by atoms with Crippen molar-refractivity contribution in [3.8, 4) is 46.8 Å². The van der Waals surface area contributed by atoms with E-state index in [1.165, 1.54) is 0 Å². The fourth-order valence-corrected chi connectivity index (χ4v) is 4.82. The van der Waals surface area contributed by atoms with Gasteiger partial charge in [0.05, 0.1) is 51.8 Å². The molecule has 3 rings (SSSR count). The first-order valence-corrected chi connectivity index (χ1v) is 15.4. The van der Waals surface area contributed by atoms with Crippen molar-refractivity contribution < 1.29 is 33.2 Å². The molecule has 0 aromatic heterocycles. The maximum atomic E-state index is 12.4. The van der Waals surface area contributed by atoms with Gasteiger partial charge in [0.1, 0.15) is 36.6 Å². The van der Waals surface area contributed by atoms with E-state index in [2.05, 4.69) is 12.0 Å². The molecule has 0 N–H and O–H groups in total. The number of piperidine rings is 1. The van der Waals surface area contributed by atoms with Crippen LogP contribution in [-0.4, -0.2) is 95.4 Å². The van der Waals surface area contributed by atoms with Crippen LogP contribution in [0.4, 0.5) is 0 Å². The number of nitrogens with zero attached hydrogens (tertiary/aromatic N) is 2. The summed E-state index contributed by atoms with van der Waals surface area (Å²) >= 11 is 1.68. The Labute approximate surface area is 253 Å². The van der Waals surface area contributed by atoms with Gasteiger partial charge in [-0.05, 0) is 48.2 Å². The van der Waals surface area contributed by atoms with E-state index >= 15 is 0 Å². The summed E-state index contributed by atoms with van der Waals surface area (Å²) < 4.78 is 34.0. The molecule has 2 aromatic rings. The van der Waals surface area contributed by atoms with E-state index in [9.17, 15) is 10.1 Å². The number of likely N-dealkylation sites (tertiary alicyclic amines) is 1. The number of amides is 1. The molecule has 1 aliphatic rings. The van der Waals surface area contributed by atoms with Gasteiger partial charge in [0.15, 0.2) is 0 Å². The second-order valence-corrected chi connectivity index (χ2v) is 10.5. The molecule has 1 heterocycles. The Kier molecular flexibility index (Phi) is 14.9. The SMILES string of the molecule is C#CCOCCOCCOCCOc1ccc(OC)c(-c2cc(C#N)cc(OC3CCN(C(=O)CCSC)CC3)c2)c1. The summed E-state index contributed by atoms with van der Waals surface area (Å²) in [4.78, 5) is 14.3. The fourth-order valence-electron chi connectivity index (χ4n) is 4.44. The molecule has 0 spiro atoms. The van der Waals surface area contributed by atoms with Crippen molar-refractivity contribution in [2.75, 3.05) is 78.5 Å². The topological polar surface area (TPSA) is 99.5 Å². The van der Waals surface area contributed by atoms with E-state index in [0.717, 1.165) is 29.7 Å². The number of thioether (sulfide) groups is 1. The molecular formula is C32H40N2O7S. The van der Waals surface area contributed by atoms with Crippen LogP contribution in [0.1, 0.15) is 24.8 Å². The number of hydrogen-bond acceptors (Lipinski definition) is 9. The molecule has 0 aliphatic carbocycles. The second-order valence-electron chi connectivity index (χ2n) is 9.49. The smallest absolute Gasteiger partial charge is 0.223 e. The third-order valence-corrected chi connectivity index (χ3v) is 7.17. The maximum absolute atomic E-state index is 12.4. The highest BCUT2D eigenvalue weighted by molar-refractivity contribution is 7.98. The lowest BCUT2D eigenvalue weighted by atomic mass is 10.0. The first kappa shape index (κ1) is 33.1. The van der Waals surface area contributed by atoms with Crippen molar-refractivity contribution in [3.63, 3.8) is 0 Å². The highest BCUT2D eigenvalue weighted by atomic mass is 32.2. The van der Waals surface area contributed by atoms with E-state index in [-0.39, 0.29) is 18.6 Å². The molecule has 42 heavy (non-hydrogen) atoms. The average molecular weight is 597 g/mol. The van der Waals surface area contributed by atoms with Gasteiger partial charge >= 0.3 is 0 Å². The maximum Gasteiger partial charge on any atom is 0.223 e. The van der Waals surface area contributed by atoms with E-state index in [1.807, 2.05) is 41.5 Å². The van der Waals surface area contributed by atoms with Gasteiger partial charge in [-0.15, -0.1) is 6.42 Å². The van der Waals surface area contributed by atoms with Gasteiger partial charge in [-0.1, -0.05) is 5.92 Å². The van der Waals surface area contributed by atoms with Crippen molar-refractivity contribution >= 4 is 17.7 Å². The molecule has 9 nitrogen and oxygen atoms in total. The Morgan fingerprint density at radius 1 is 1.00 bits per heavy atom. The molecule has 0 radical (unpaired) electrons. The van der Waals surface area contributed by atoms with Crippen molar-refractivity contribution in [3.05, 3.63) is 42.0 Å². The van der Waals surface area contributed by atoms with Crippen LogP contribution in [0.3, 0.4) is 0 Å². The number of carbonyl (C=O) groups excluding carboxylic acids is 1. The molecule has 226 valence electrons. The Hall–Kier alpha value is -3.41. The summed E-state index contributed by atoms with van der Waals surface area (Å²) in [6.45, 7) is 4.23.